The Morgan fingerprint density at radius 2 is 1.78 bits per heavy atom. The lowest BCUT2D eigenvalue weighted by atomic mass is 10.1. The Morgan fingerprint density at radius 3 is 2.49 bits per heavy atom. The van der Waals surface area contributed by atoms with Gasteiger partial charge in [-0.15, -0.1) is 0 Å². The van der Waals surface area contributed by atoms with Crippen LogP contribution in [0.3, 0.4) is 0 Å². The minimum Gasteiger partial charge on any atom is -0.497 e. The summed E-state index contributed by atoms with van der Waals surface area (Å²) in [5, 5.41) is 3.47. The van der Waals surface area contributed by atoms with E-state index in [0.29, 0.717) is 34.5 Å². The summed E-state index contributed by atoms with van der Waals surface area (Å²) in [6.45, 7) is 4.29. The number of hydrogen-bond acceptors (Lipinski definition) is 4. The molecule has 0 spiro atoms. The Labute approximate surface area is 221 Å². The third kappa shape index (κ3) is 6.57. The highest BCUT2D eigenvalue weighted by atomic mass is 35.5. The average Bonchev–Trinajstić information content (AvgIpc) is 3.31. The molecular weight excluding hydrogens is 488 g/mol. The second kappa shape index (κ2) is 11.8. The van der Waals surface area contributed by atoms with Crippen molar-refractivity contribution in [2.45, 2.75) is 13.8 Å². The number of hydrogen-bond donors (Lipinski definition) is 1. The van der Waals surface area contributed by atoms with E-state index < -0.39 is 0 Å². The van der Waals surface area contributed by atoms with E-state index in [0.717, 1.165) is 11.3 Å². The van der Waals surface area contributed by atoms with Gasteiger partial charge in [-0.25, -0.2) is 4.98 Å². The SMILES string of the molecule is COc1cccc(C(=O)N(CC(=O)Nc2nc(-c3ccccc3)cn2-c2cccc(Cl)c2)CC(C)C)c1. The number of imidazole rings is 1. The number of carbonyl (C=O) groups excluding carboxylic acids is 2. The smallest absolute Gasteiger partial charge is 0.254 e. The maximum atomic E-state index is 13.3. The van der Waals surface area contributed by atoms with Crippen LogP contribution in [0.15, 0.2) is 85.1 Å². The molecule has 2 amide bonds. The predicted molar refractivity (Wildman–Crippen MR) is 146 cm³/mol. The van der Waals surface area contributed by atoms with Gasteiger partial charge in [0.05, 0.1) is 12.8 Å². The summed E-state index contributed by atoms with van der Waals surface area (Å²) >= 11 is 6.23. The van der Waals surface area contributed by atoms with Gasteiger partial charge in [-0.2, -0.15) is 0 Å². The number of anilines is 1. The summed E-state index contributed by atoms with van der Waals surface area (Å²) in [6.07, 6.45) is 1.85. The van der Waals surface area contributed by atoms with Crippen LogP contribution >= 0.6 is 11.6 Å². The van der Waals surface area contributed by atoms with E-state index in [1.807, 2.05) is 62.5 Å². The van der Waals surface area contributed by atoms with Crippen molar-refractivity contribution in [3.8, 4) is 22.7 Å². The van der Waals surface area contributed by atoms with Gasteiger partial charge in [0.2, 0.25) is 11.9 Å². The number of aromatic nitrogens is 2. The van der Waals surface area contributed by atoms with Crippen LogP contribution in [0.4, 0.5) is 5.95 Å². The average molecular weight is 517 g/mol. The van der Waals surface area contributed by atoms with Gasteiger partial charge in [-0.1, -0.05) is 67.9 Å². The Bertz CT molecular complexity index is 1380. The van der Waals surface area contributed by atoms with Crippen LogP contribution in [0, 0.1) is 5.92 Å². The molecule has 0 bridgehead atoms. The van der Waals surface area contributed by atoms with Crippen molar-refractivity contribution >= 4 is 29.4 Å². The summed E-state index contributed by atoms with van der Waals surface area (Å²) in [5.41, 5.74) is 2.82. The first-order chi connectivity index (χ1) is 17.8. The lowest BCUT2D eigenvalue weighted by molar-refractivity contribution is -0.117. The molecule has 1 heterocycles. The number of rotatable bonds is 9. The van der Waals surface area contributed by atoms with Gasteiger partial charge in [-0.05, 0) is 42.3 Å². The first kappa shape index (κ1) is 26.0. The molecule has 0 fully saturated rings. The van der Waals surface area contributed by atoms with Crippen LogP contribution in [0.5, 0.6) is 5.75 Å². The molecule has 8 heteroatoms. The molecule has 4 aromatic rings. The topological polar surface area (TPSA) is 76.5 Å². The number of methoxy groups -OCH3 is 1. The summed E-state index contributed by atoms with van der Waals surface area (Å²) in [5.74, 6) is 0.484. The number of amides is 2. The van der Waals surface area contributed by atoms with Crippen LogP contribution in [0.25, 0.3) is 16.9 Å². The lowest BCUT2D eigenvalue weighted by Crippen LogP contribution is -2.40. The summed E-state index contributed by atoms with van der Waals surface area (Å²) in [7, 11) is 1.55. The number of nitrogens with zero attached hydrogens (tertiary/aromatic N) is 3. The standard InChI is InChI=1S/C29H29ClN4O3/c1-20(2)17-33(28(36)22-11-7-14-25(15-22)37-3)19-27(35)32-29-31-26(21-9-5-4-6-10-21)18-34(29)24-13-8-12-23(30)16-24/h4-16,18,20H,17,19H2,1-3H3,(H,31,32,35). The number of carbonyl (C=O) groups is 2. The minimum atomic E-state index is -0.356. The maximum absolute atomic E-state index is 13.3. The summed E-state index contributed by atoms with van der Waals surface area (Å²) in [4.78, 5) is 32.8. The van der Waals surface area contributed by atoms with Crippen molar-refractivity contribution in [1.82, 2.24) is 14.5 Å². The molecule has 0 aliphatic rings. The highest BCUT2D eigenvalue weighted by molar-refractivity contribution is 6.30. The minimum absolute atomic E-state index is 0.128. The number of ether oxygens (including phenoxy) is 1. The second-order valence-corrected chi connectivity index (χ2v) is 9.46. The van der Waals surface area contributed by atoms with Crippen LogP contribution < -0.4 is 10.1 Å². The molecule has 3 aromatic carbocycles. The highest BCUT2D eigenvalue weighted by Gasteiger charge is 2.22. The van der Waals surface area contributed by atoms with Gasteiger partial charge < -0.3 is 9.64 Å². The zero-order valence-electron chi connectivity index (χ0n) is 21.0. The molecule has 0 unspecified atom stereocenters. The van der Waals surface area contributed by atoms with Crippen LogP contribution in [-0.4, -0.2) is 46.5 Å². The van der Waals surface area contributed by atoms with Crippen molar-refractivity contribution in [3.05, 3.63) is 95.6 Å². The molecule has 1 N–H and O–H groups in total. The first-order valence-electron chi connectivity index (χ1n) is 12.0. The third-order valence-corrected chi connectivity index (χ3v) is 5.87. The predicted octanol–water partition coefficient (Wildman–Crippen LogP) is 5.94. The Kier molecular flexibility index (Phi) is 8.25. The quantitative estimate of drug-likeness (QED) is 0.299. The number of benzene rings is 3. The largest absolute Gasteiger partial charge is 0.497 e. The molecule has 0 saturated carbocycles. The molecule has 37 heavy (non-hydrogen) atoms. The first-order valence-corrected chi connectivity index (χ1v) is 12.4. The van der Waals surface area contributed by atoms with E-state index in [-0.39, 0.29) is 24.3 Å². The van der Waals surface area contributed by atoms with E-state index >= 15 is 0 Å². The zero-order valence-corrected chi connectivity index (χ0v) is 21.8. The summed E-state index contributed by atoms with van der Waals surface area (Å²) in [6, 6.07) is 23.9. The van der Waals surface area contributed by atoms with Gasteiger partial charge >= 0.3 is 0 Å². The van der Waals surface area contributed by atoms with Crippen LogP contribution in [0.1, 0.15) is 24.2 Å². The van der Waals surface area contributed by atoms with Crippen LogP contribution in [-0.2, 0) is 4.79 Å². The number of halogens is 1. The molecule has 1 aromatic heterocycles. The van der Waals surface area contributed by atoms with E-state index in [1.165, 1.54) is 0 Å². The van der Waals surface area contributed by atoms with E-state index in [2.05, 4.69) is 10.3 Å². The van der Waals surface area contributed by atoms with Crippen LogP contribution in [0.2, 0.25) is 5.02 Å². The van der Waals surface area contributed by atoms with Crippen molar-refractivity contribution in [2.24, 2.45) is 5.92 Å². The fourth-order valence-electron chi connectivity index (χ4n) is 3.98. The van der Waals surface area contributed by atoms with E-state index in [4.69, 9.17) is 16.3 Å². The Morgan fingerprint density at radius 1 is 1.03 bits per heavy atom. The van der Waals surface area contributed by atoms with E-state index in [9.17, 15) is 9.59 Å². The fourth-order valence-corrected chi connectivity index (χ4v) is 4.16. The Hall–Kier alpha value is -4.10. The molecule has 190 valence electrons. The number of nitrogens with one attached hydrogen (secondary N) is 1. The Balaban J connectivity index is 1.61. The maximum Gasteiger partial charge on any atom is 0.254 e. The molecule has 0 aliphatic carbocycles. The molecule has 0 radical (unpaired) electrons. The molecule has 0 aliphatic heterocycles. The fraction of sp³-hybridized carbons (Fsp3) is 0.207. The molecule has 0 saturated heterocycles. The second-order valence-electron chi connectivity index (χ2n) is 9.03. The van der Waals surface area contributed by atoms with Crippen molar-refractivity contribution in [1.29, 1.82) is 0 Å². The van der Waals surface area contributed by atoms with E-state index in [1.54, 1.807) is 53.0 Å². The monoisotopic (exact) mass is 516 g/mol. The van der Waals surface area contributed by atoms with Gasteiger partial charge in [0.1, 0.15) is 12.3 Å². The molecule has 4 rings (SSSR count). The zero-order chi connectivity index (χ0) is 26.4. The van der Waals surface area contributed by atoms with Crippen molar-refractivity contribution in [3.63, 3.8) is 0 Å². The lowest BCUT2D eigenvalue weighted by Gasteiger charge is -2.24. The molecular formula is C29H29ClN4O3. The molecule has 7 nitrogen and oxygen atoms in total. The van der Waals surface area contributed by atoms with Crippen molar-refractivity contribution < 1.29 is 14.3 Å². The highest BCUT2D eigenvalue weighted by Crippen LogP contribution is 2.26. The normalized spacial score (nSPS) is 10.8. The third-order valence-electron chi connectivity index (χ3n) is 5.64. The summed E-state index contributed by atoms with van der Waals surface area (Å²) < 4.78 is 7.04. The molecule has 0 atom stereocenters. The van der Waals surface area contributed by atoms with Gasteiger partial charge in [-0.3, -0.25) is 19.5 Å². The van der Waals surface area contributed by atoms with Crippen molar-refractivity contribution in [2.75, 3.05) is 25.5 Å². The van der Waals surface area contributed by atoms with Gasteiger partial charge in [0.15, 0.2) is 0 Å². The van der Waals surface area contributed by atoms with Gasteiger partial charge in [0.25, 0.3) is 5.91 Å². The van der Waals surface area contributed by atoms with Gasteiger partial charge in [0, 0.05) is 34.6 Å².